The monoisotopic (exact) mass is 366 g/mol. The SMILES string of the molecule is CC(C)N(C)C(=O)C(C)C1(O)CCN(CCc2ccccc2Cl)CC1. The van der Waals surface area contributed by atoms with Crippen molar-refractivity contribution in [3.05, 3.63) is 34.9 Å². The molecule has 4 nitrogen and oxygen atoms in total. The molecule has 0 aliphatic carbocycles. The molecule has 0 bridgehead atoms. The van der Waals surface area contributed by atoms with Crippen molar-refractivity contribution in [1.29, 1.82) is 0 Å². The predicted molar refractivity (Wildman–Crippen MR) is 103 cm³/mol. The van der Waals surface area contributed by atoms with E-state index in [9.17, 15) is 9.90 Å². The average Bonchev–Trinajstić information content (AvgIpc) is 2.60. The summed E-state index contributed by atoms with van der Waals surface area (Å²) in [4.78, 5) is 16.6. The highest BCUT2D eigenvalue weighted by molar-refractivity contribution is 6.31. The maximum absolute atomic E-state index is 12.6. The van der Waals surface area contributed by atoms with E-state index in [0.29, 0.717) is 12.8 Å². The van der Waals surface area contributed by atoms with Gasteiger partial charge in [-0.05, 0) is 44.7 Å². The van der Waals surface area contributed by atoms with Gasteiger partial charge in [0.1, 0.15) is 0 Å². The summed E-state index contributed by atoms with van der Waals surface area (Å²) in [5.41, 5.74) is 0.258. The second kappa shape index (κ2) is 8.52. The van der Waals surface area contributed by atoms with Gasteiger partial charge >= 0.3 is 0 Å². The molecule has 0 radical (unpaired) electrons. The van der Waals surface area contributed by atoms with Crippen molar-refractivity contribution >= 4 is 17.5 Å². The van der Waals surface area contributed by atoms with Gasteiger partial charge in [0.05, 0.1) is 11.5 Å². The van der Waals surface area contributed by atoms with Gasteiger partial charge in [-0.1, -0.05) is 36.7 Å². The zero-order valence-corrected chi connectivity index (χ0v) is 16.6. The average molecular weight is 367 g/mol. The number of carbonyl (C=O) groups excluding carboxylic acids is 1. The third-order valence-corrected chi connectivity index (χ3v) is 6.04. The van der Waals surface area contributed by atoms with E-state index in [2.05, 4.69) is 11.0 Å². The summed E-state index contributed by atoms with van der Waals surface area (Å²) in [5.74, 6) is -0.340. The molecule has 0 aromatic heterocycles. The van der Waals surface area contributed by atoms with Gasteiger partial charge in [-0.3, -0.25) is 4.79 Å². The van der Waals surface area contributed by atoms with E-state index in [4.69, 9.17) is 11.6 Å². The van der Waals surface area contributed by atoms with E-state index < -0.39 is 5.60 Å². The molecular weight excluding hydrogens is 336 g/mol. The van der Waals surface area contributed by atoms with Crippen LogP contribution in [0.4, 0.5) is 0 Å². The van der Waals surface area contributed by atoms with Crippen LogP contribution in [-0.4, -0.2) is 59.1 Å². The van der Waals surface area contributed by atoms with E-state index >= 15 is 0 Å². The topological polar surface area (TPSA) is 43.8 Å². The molecule has 1 N–H and O–H groups in total. The minimum absolute atomic E-state index is 0.0296. The van der Waals surface area contributed by atoms with Gasteiger partial charge in [-0.25, -0.2) is 0 Å². The van der Waals surface area contributed by atoms with Crippen LogP contribution in [0.5, 0.6) is 0 Å². The van der Waals surface area contributed by atoms with Crippen LogP contribution in [0.25, 0.3) is 0 Å². The Morgan fingerprint density at radius 1 is 1.28 bits per heavy atom. The molecule has 1 amide bonds. The van der Waals surface area contributed by atoms with Crippen molar-refractivity contribution in [2.45, 2.75) is 51.7 Å². The van der Waals surface area contributed by atoms with Gasteiger partial charge in [0.15, 0.2) is 0 Å². The van der Waals surface area contributed by atoms with Crippen molar-refractivity contribution in [1.82, 2.24) is 9.80 Å². The Hall–Kier alpha value is -1.10. The number of halogens is 1. The Kier molecular flexibility index (Phi) is 6.89. The van der Waals surface area contributed by atoms with Crippen LogP contribution in [0.2, 0.25) is 5.02 Å². The van der Waals surface area contributed by atoms with Crippen molar-refractivity contribution < 1.29 is 9.90 Å². The molecule has 1 aromatic rings. The van der Waals surface area contributed by atoms with Crippen molar-refractivity contribution in [2.75, 3.05) is 26.7 Å². The molecule has 1 saturated heterocycles. The summed E-state index contributed by atoms with van der Waals surface area (Å²) in [6.45, 7) is 8.39. The number of hydrogen-bond donors (Lipinski definition) is 1. The predicted octanol–water partition coefficient (Wildman–Crippen LogP) is 3.21. The fraction of sp³-hybridized carbons (Fsp3) is 0.650. The minimum Gasteiger partial charge on any atom is -0.389 e. The third-order valence-electron chi connectivity index (χ3n) is 5.68. The molecule has 1 unspecified atom stereocenters. The number of nitrogens with zero attached hydrogens (tertiary/aromatic N) is 2. The molecule has 5 heteroatoms. The lowest BCUT2D eigenvalue weighted by molar-refractivity contribution is -0.148. The molecule has 1 fully saturated rings. The molecule has 1 atom stereocenters. The number of rotatable bonds is 6. The van der Waals surface area contributed by atoms with Crippen LogP contribution in [0.15, 0.2) is 24.3 Å². The number of benzene rings is 1. The van der Waals surface area contributed by atoms with Gasteiger partial charge in [0.2, 0.25) is 5.91 Å². The van der Waals surface area contributed by atoms with E-state index in [1.807, 2.05) is 46.0 Å². The van der Waals surface area contributed by atoms with Crippen molar-refractivity contribution in [3.63, 3.8) is 0 Å². The Morgan fingerprint density at radius 2 is 1.88 bits per heavy atom. The van der Waals surface area contributed by atoms with Crippen LogP contribution in [0, 0.1) is 5.92 Å². The first-order valence-electron chi connectivity index (χ1n) is 9.19. The number of carbonyl (C=O) groups is 1. The summed E-state index contributed by atoms with van der Waals surface area (Å²) >= 11 is 6.22. The molecular formula is C20H31ClN2O2. The van der Waals surface area contributed by atoms with Crippen molar-refractivity contribution in [3.8, 4) is 0 Å². The fourth-order valence-corrected chi connectivity index (χ4v) is 3.60. The summed E-state index contributed by atoms with van der Waals surface area (Å²) in [6, 6.07) is 8.08. The van der Waals surface area contributed by atoms with E-state index in [-0.39, 0.29) is 17.9 Å². The molecule has 1 aliphatic heterocycles. The third kappa shape index (κ3) is 4.96. The minimum atomic E-state index is -0.902. The number of aliphatic hydroxyl groups is 1. The summed E-state index contributed by atoms with van der Waals surface area (Å²) in [7, 11) is 1.81. The van der Waals surface area contributed by atoms with E-state index in [1.165, 1.54) is 0 Å². The lowest BCUT2D eigenvalue weighted by Crippen LogP contribution is -2.53. The quantitative estimate of drug-likeness (QED) is 0.840. The molecule has 2 rings (SSSR count). The van der Waals surface area contributed by atoms with Crippen molar-refractivity contribution in [2.24, 2.45) is 5.92 Å². The second-order valence-corrected chi connectivity index (χ2v) is 7.96. The summed E-state index contributed by atoms with van der Waals surface area (Å²) in [6.07, 6.45) is 2.17. The van der Waals surface area contributed by atoms with Crippen LogP contribution >= 0.6 is 11.6 Å². The number of piperidine rings is 1. The van der Waals surface area contributed by atoms with Gasteiger partial charge in [-0.15, -0.1) is 0 Å². The van der Waals surface area contributed by atoms with Crippen LogP contribution in [-0.2, 0) is 11.2 Å². The van der Waals surface area contributed by atoms with E-state index in [0.717, 1.165) is 36.6 Å². The Morgan fingerprint density at radius 3 is 2.44 bits per heavy atom. The number of amides is 1. The van der Waals surface area contributed by atoms with Gasteiger partial charge in [-0.2, -0.15) is 0 Å². The summed E-state index contributed by atoms with van der Waals surface area (Å²) in [5, 5.41) is 11.8. The number of hydrogen-bond acceptors (Lipinski definition) is 3. The van der Waals surface area contributed by atoms with Crippen LogP contribution in [0.1, 0.15) is 39.2 Å². The number of likely N-dealkylation sites (tertiary alicyclic amines) is 1. The first-order valence-corrected chi connectivity index (χ1v) is 9.57. The molecule has 1 aromatic carbocycles. The molecule has 25 heavy (non-hydrogen) atoms. The highest BCUT2D eigenvalue weighted by atomic mass is 35.5. The summed E-state index contributed by atoms with van der Waals surface area (Å²) < 4.78 is 0. The lowest BCUT2D eigenvalue weighted by atomic mass is 9.79. The molecule has 1 aliphatic rings. The van der Waals surface area contributed by atoms with Gasteiger partial charge in [0, 0.05) is 37.7 Å². The zero-order chi connectivity index (χ0) is 18.6. The highest BCUT2D eigenvalue weighted by Crippen LogP contribution is 2.31. The molecule has 0 saturated carbocycles. The first-order chi connectivity index (χ1) is 11.7. The maximum atomic E-state index is 12.6. The molecule has 0 spiro atoms. The second-order valence-electron chi connectivity index (χ2n) is 7.55. The van der Waals surface area contributed by atoms with Crippen LogP contribution < -0.4 is 0 Å². The van der Waals surface area contributed by atoms with Gasteiger partial charge < -0.3 is 14.9 Å². The molecule has 140 valence electrons. The normalized spacial score (nSPS) is 19.0. The maximum Gasteiger partial charge on any atom is 0.228 e. The Balaban J connectivity index is 1.87. The standard InChI is InChI=1S/C20H31ClN2O2/c1-15(2)22(4)19(24)16(3)20(25)10-13-23(14-11-20)12-9-17-7-5-6-8-18(17)21/h5-8,15-16,25H,9-14H2,1-4H3. The molecule has 1 heterocycles. The lowest BCUT2D eigenvalue weighted by Gasteiger charge is -2.42. The Bertz CT molecular complexity index is 583. The largest absolute Gasteiger partial charge is 0.389 e. The zero-order valence-electron chi connectivity index (χ0n) is 15.8. The fourth-order valence-electron chi connectivity index (χ4n) is 3.37. The van der Waals surface area contributed by atoms with E-state index in [1.54, 1.807) is 4.90 Å². The van der Waals surface area contributed by atoms with Crippen LogP contribution in [0.3, 0.4) is 0 Å². The van der Waals surface area contributed by atoms with Gasteiger partial charge in [0.25, 0.3) is 0 Å². The highest BCUT2D eigenvalue weighted by Gasteiger charge is 2.42. The first kappa shape index (κ1) is 20.2. The smallest absolute Gasteiger partial charge is 0.228 e. The Labute approximate surface area is 156 Å².